The fourth-order valence-electron chi connectivity index (χ4n) is 3.71. The number of ether oxygens (including phenoxy) is 1. The molecule has 0 radical (unpaired) electrons. The Kier molecular flexibility index (Phi) is 6.33. The quantitative estimate of drug-likeness (QED) is 0.602. The Morgan fingerprint density at radius 3 is 2.70 bits per heavy atom. The summed E-state index contributed by atoms with van der Waals surface area (Å²) in [4.78, 5) is 26.7. The molecule has 1 aromatic rings. The predicted molar refractivity (Wildman–Crippen MR) is 106 cm³/mol. The van der Waals surface area contributed by atoms with Gasteiger partial charge in [-0.2, -0.15) is 5.26 Å². The van der Waals surface area contributed by atoms with Gasteiger partial charge in [0, 0.05) is 4.88 Å². The van der Waals surface area contributed by atoms with Crippen molar-refractivity contribution < 1.29 is 14.3 Å². The molecule has 144 valence electrons. The van der Waals surface area contributed by atoms with E-state index in [1.165, 1.54) is 16.2 Å². The van der Waals surface area contributed by atoms with Gasteiger partial charge in [0.25, 0.3) is 0 Å². The second kappa shape index (κ2) is 8.71. The topological polar surface area (TPSA) is 79.2 Å². The van der Waals surface area contributed by atoms with Crippen molar-refractivity contribution in [1.29, 1.82) is 5.26 Å². The van der Waals surface area contributed by atoms with E-state index < -0.39 is 11.8 Å². The first-order chi connectivity index (χ1) is 13.0. The van der Waals surface area contributed by atoms with Gasteiger partial charge in [0.2, 0.25) is 5.91 Å². The van der Waals surface area contributed by atoms with Crippen LogP contribution in [0.15, 0.2) is 12.2 Å². The maximum absolute atomic E-state index is 13.0. The molecule has 0 saturated carbocycles. The van der Waals surface area contributed by atoms with Crippen LogP contribution in [0.1, 0.15) is 62.0 Å². The van der Waals surface area contributed by atoms with Crippen LogP contribution < -0.4 is 5.32 Å². The molecular formula is C21H26N2O3S. The lowest BCUT2D eigenvalue weighted by molar-refractivity contribution is -0.157. The summed E-state index contributed by atoms with van der Waals surface area (Å²) in [5.74, 6) is -1.43. The Bertz CT molecular complexity index is 790. The molecule has 2 aliphatic carbocycles. The number of nitrogens with one attached hydrogen (secondary N) is 1. The number of amides is 1. The molecule has 6 heteroatoms. The molecule has 0 unspecified atom stereocenters. The van der Waals surface area contributed by atoms with E-state index in [2.05, 4.69) is 11.4 Å². The number of fused-ring (bicyclic) bond motifs is 1. The molecule has 1 heterocycles. The zero-order valence-electron chi connectivity index (χ0n) is 15.9. The first-order valence-corrected chi connectivity index (χ1v) is 10.6. The third-order valence-corrected chi connectivity index (χ3v) is 6.69. The van der Waals surface area contributed by atoms with E-state index in [0.717, 1.165) is 37.7 Å². The lowest BCUT2D eigenvalue weighted by Gasteiger charge is -2.27. The number of anilines is 1. The Labute approximate surface area is 164 Å². The van der Waals surface area contributed by atoms with Gasteiger partial charge in [0.05, 0.1) is 23.5 Å². The van der Waals surface area contributed by atoms with Crippen molar-refractivity contribution in [3.8, 4) is 6.07 Å². The Morgan fingerprint density at radius 2 is 2.00 bits per heavy atom. The molecule has 3 atom stereocenters. The summed E-state index contributed by atoms with van der Waals surface area (Å²) in [6.45, 7) is 3.83. The molecule has 5 nitrogen and oxygen atoms in total. The average Bonchev–Trinajstić information content (AvgIpc) is 3.04. The van der Waals surface area contributed by atoms with Crippen molar-refractivity contribution in [3.05, 3.63) is 28.2 Å². The number of hydrogen-bond acceptors (Lipinski definition) is 5. The van der Waals surface area contributed by atoms with Gasteiger partial charge >= 0.3 is 5.97 Å². The molecule has 0 aliphatic heterocycles. The lowest BCUT2D eigenvalue weighted by atomic mass is 9.82. The van der Waals surface area contributed by atoms with Crippen LogP contribution in [0.25, 0.3) is 0 Å². The summed E-state index contributed by atoms with van der Waals surface area (Å²) in [6, 6.07) is 2.27. The number of allylic oxidation sites excluding steroid dienone is 2. The number of rotatable bonds is 5. The molecular weight excluding hydrogens is 360 g/mol. The Balaban J connectivity index is 1.76. The monoisotopic (exact) mass is 386 g/mol. The van der Waals surface area contributed by atoms with E-state index >= 15 is 0 Å². The van der Waals surface area contributed by atoms with Crippen molar-refractivity contribution in [3.63, 3.8) is 0 Å². The van der Waals surface area contributed by atoms with Crippen LogP contribution in [0.2, 0.25) is 0 Å². The molecule has 2 aliphatic rings. The molecule has 0 spiro atoms. The highest BCUT2D eigenvalue weighted by atomic mass is 32.1. The zero-order chi connectivity index (χ0) is 19.4. The van der Waals surface area contributed by atoms with Gasteiger partial charge in [-0.05, 0) is 57.4 Å². The molecule has 0 saturated heterocycles. The van der Waals surface area contributed by atoms with Crippen molar-refractivity contribution in [1.82, 2.24) is 0 Å². The molecule has 3 rings (SSSR count). The van der Waals surface area contributed by atoms with Crippen LogP contribution in [-0.4, -0.2) is 18.0 Å². The smallest absolute Gasteiger partial charge is 0.310 e. The molecule has 0 bridgehead atoms. The van der Waals surface area contributed by atoms with Gasteiger partial charge < -0.3 is 10.1 Å². The fraction of sp³-hybridized carbons (Fsp3) is 0.571. The number of esters is 1. The van der Waals surface area contributed by atoms with Crippen LogP contribution in [0.4, 0.5) is 5.00 Å². The average molecular weight is 387 g/mol. The normalized spacial score (nSPS) is 22.4. The van der Waals surface area contributed by atoms with Crippen LogP contribution in [-0.2, 0) is 27.2 Å². The molecule has 0 aromatic carbocycles. The summed E-state index contributed by atoms with van der Waals surface area (Å²) in [7, 11) is 0. The van der Waals surface area contributed by atoms with E-state index in [1.807, 2.05) is 26.0 Å². The molecule has 1 amide bonds. The highest BCUT2D eigenvalue weighted by molar-refractivity contribution is 7.16. The molecule has 1 N–H and O–H groups in total. The van der Waals surface area contributed by atoms with Crippen molar-refractivity contribution in [2.24, 2.45) is 11.8 Å². The number of carbonyl (C=O) groups is 2. The standard InChI is InChI=1S/C21H26N2O3S/c1-3-13(2)26-21(25)16-10-5-4-9-15(16)19(24)23-20-17(12-22)14-8-6-7-11-18(14)27-20/h4-5,13,15-16H,3,6-11H2,1-2H3,(H,23,24)/t13-,15+,16-/m0/s1. The highest BCUT2D eigenvalue weighted by Gasteiger charge is 2.36. The number of aryl methyl sites for hydroxylation is 1. The van der Waals surface area contributed by atoms with E-state index in [9.17, 15) is 14.9 Å². The Hall–Kier alpha value is -2.13. The van der Waals surface area contributed by atoms with Crippen LogP contribution in [0.3, 0.4) is 0 Å². The SMILES string of the molecule is CC[C@H](C)OC(=O)[C@H]1CC=CC[C@H]1C(=O)Nc1sc2c(c1C#N)CCCC2. The summed E-state index contributed by atoms with van der Waals surface area (Å²) in [6.07, 6.45) is 9.60. The minimum atomic E-state index is -0.468. The number of thiophene rings is 1. The van der Waals surface area contributed by atoms with Crippen molar-refractivity contribution in [2.75, 3.05) is 5.32 Å². The van der Waals surface area contributed by atoms with Gasteiger partial charge in [0.1, 0.15) is 11.1 Å². The van der Waals surface area contributed by atoms with Gasteiger partial charge in [-0.15, -0.1) is 11.3 Å². The number of hydrogen-bond donors (Lipinski definition) is 1. The maximum Gasteiger partial charge on any atom is 0.310 e. The first kappa shape index (κ1) is 19.6. The molecule has 0 fully saturated rings. The fourth-order valence-corrected chi connectivity index (χ4v) is 4.95. The Morgan fingerprint density at radius 1 is 1.30 bits per heavy atom. The third-order valence-electron chi connectivity index (χ3n) is 5.48. The molecule has 1 aromatic heterocycles. The lowest BCUT2D eigenvalue weighted by Crippen LogP contribution is -2.36. The molecule has 27 heavy (non-hydrogen) atoms. The van der Waals surface area contributed by atoms with E-state index in [-0.39, 0.29) is 18.0 Å². The summed E-state index contributed by atoms with van der Waals surface area (Å²) in [5.41, 5.74) is 1.70. The second-order valence-electron chi connectivity index (χ2n) is 7.33. The summed E-state index contributed by atoms with van der Waals surface area (Å²) < 4.78 is 5.48. The van der Waals surface area contributed by atoms with Gasteiger partial charge in [-0.3, -0.25) is 9.59 Å². The number of nitriles is 1. The summed E-state index contributed by atoms with van der Waals surface area (Å²) >= 11 is 1.51. The minimum Gasteiger partial charge on any atom is -0.462 e. The van der Waals surface area contributed by atoms with Crippen LogP contribution in [0.5, 0.6) is 0 Å². The van der Waals surface area contributed by atoms with Gasteiger partial charge in [0.15, 0.2) is 0 Å². The second-order valence-corrected chi connectivity index (χ2v) is 8.43. The zero-order valence-corrected chi connectivity index (χ0v) is 16.7. The van der Waals surface area contributed by atoms with Gasteiger partial charge in [-0.1, -0.05) is 19.1 Å². The number of nitrogens with zero attached hydrogens (tertiary/aromatic N) is 1. The van der Waals surface area contributed by atoms with Crippen molar-refractivity contribution in [2.45, 2.75) is 64.9 Å². The maximum atomic E-state index is 13.0. The van der Waals surface area contributed by atoms with E-state index in [0.29, 0.717) is 23.4 Å². The third kappa shape index (κ3) is 4.24. The van der Waals surface area contributed by atoms with Gasteiger partial charge in [-0.25, -0.2) is 0 Å². The van der Waals surface area contributed by atoms with Crippen LogP contribution in [0, 0.1) is 23.2 Å². The predicted octanol–water partition coefficient (Wildman–Crippen LogP) is 4.36. The minimum absolute atomic E-state index is 0.152. The highest BCUT2D eigenvalue weighted by Crippen LogP contribution is 2.38. The van der Waals surface area contributed by atoms with Crippen molar-refractivity contribution >= 4 is 28.2 Å². The first-order valence-electron chi connectivity index (χ1n) is 9.76. The summed E-state index contributed by atoms with van der Waals surface area (Å²) in [5, 5.41) is 13.2. The van der Waals surface area contributed by atoms with E-state index in [1.54, 1.807) is 0 Å². The van der Waals surface area contributed by atoms with E-state index in [4.69, 9.17) is 4.74 Å². The van der Waals surface area contributed by atoms with Crippen LogP contribution >= 0.6 is 11.3 Å². The number of carbonyl (C=O) groups excluding carboxylic acids is 2. The largest absolute Gasteiger partial charge is 0.462 e.